The zero-order valence-corrected chi connectivity index (χ0v) is 13.2. The van der Waals surface area contributed by atoms with Crippen molar-refractivity contribution in [3.8, 4) is 0 Å². The second-order valence-corrected chi connectivity index (χ2v) is 7.17. The van der Waals surface area contributed by atoms with E-state index in [1.807, 2.05) is 0 Å². The molecule has 0 aromatic rings. The highest BCUT2D eigenvalue weighted by Crippen LogP contribution is 2.38. The quantitative estimate of drug-likeness (QED) is 0.741. The molecule has 0 N–H and O–H groups in total. The van der Waals surface area contributed by atoms with Crippen LogP contribution in [0.1, 0.15) is 58.3 Å². The van der Waals surface area contributed by atoms with Gasteiger partial charge < -0.3 is 9.47 Å². The van der Waals surface area contributed by atoms with Crippen LogP contribution in [0.2, 0.25) is 0 Å². The van der Waals surface area contributed by atoms with Gasteiger partial charge in [0.15, 0.2) is 6.29 Å². The molecule has 3 heteroatoms. The van der Waals surface area contributed by atoms with Crippen LogP contribution in [-0.2, 0) is 9.47 Å². The van der Waals surface area contributed by atoms with Gasteiger partial charge in [0, 0.05) is 11.8 Å². The molecule has 3 aliphatic rings. The van der Waals surface area contributed by atoms with Crippen LogP contribution in [0, 0.1) is 23.7 Å². The van der Waals surface area contributed by atoms with Gasteiger partial charge in [-0.3, -0.25) is 0 Å². The molecule has 1 aliphatic heterocycles. The summed E-state index contributed by atoms with van der Waals surface area (Å²) in [6, 6.07) is 0. The van der Waals surface area contributed by atoms with Crippen molar-refractivity contribution in [2.24, 2.45) is 23.7 Å². The lowest BCUT2D eigenvalue weighted by molar-refractivity contribution is -0.233. The maximum Gasteiger partial charge on any atom is 0.160 e. The Morgan fingerprint density at radius 1 is 1.00 bits per heavy atom. The van der Waals surface area contributed by atoms with Crippen molar-refractivity contribution < 1.29 is 13.9 Å². The van der Waals surface area contributed by atoms with Crippen molar-refractivity contribution in [1.82, 2.24) is 0 Å². The lowest BCUT2D eigenvalue weighted by Crippen LogP contribution is -2.40. The second kappa shape index (κ2) is 7.23. The van der Waals surface area contributed by atoms with Crippen molar-refractivity contribution in [1.29, 1.82) is 0 Å². The molecule has 1 unspecified atom stereocenters. The standard InChI is InChI=1S/C18H29FO2/c1-2-13-3-5-14(6-4-13)16-11-20-18(21-12-16)15-7-9-17(19)10-8-15/h9,13-16,18H,2-8,10-12H2,1H3. The third-order valence-electron chi connectivity index (χ3n) is 5.87. The van der Waals surface area contributed by atoms with Crippen LogP contribution in [0.5, 0.6) is 0 Å². The Labute approximate surface area is 128 Å². The summed E-state index contributed by atoms with van der Waals surface area (Å²) in [5.74, 6) is 2.70. The topological polar surface area (TPSA) is 18.5 Å². The maximum absolute atomic E-state index is 13.1. The SMILES string of the molecule is CCC1CCC(C2COC(C3CC=C(F)CC3)OC2)CC1. The predicted octanol–water partition coefficient (Wildman–Crippen LogP) is 4.85. The molecule has 1 saturated heterocycles. The van der Waals surface area contributed by atoms with Gasteiger partial charge in [0.05, 0.1) is 19.0 Å². The fraction of sp³-hybridized carbons (Fsp3) is 0.889. The summed E-state index contributed by atoms with van der Waals surface area (Å²) in [6.45, 7) is 3.99. The molecular formula is C18H29FO2. The van der Waals surface area contributed by atoms with E-state index >= 15 is 0 Å². The first-order valence-corrected chi connectivity index (χ1v) is 8.84. The van der Waals surface area contributed by atoms with E-state index in [0.717, 1.165) is 37.9 Å². The molecule has 0 aromatic carbocycles. The smallest absolute Gasteiger partial charge is 0.160 e. The summed E-state index contributed by atoms with van der Waals surface area (Å²) in [5, 5.41) is 0. The van der Waals surface area contributed by atoms with E-state index in [-0.39, 0.29) is 12.1 Å². The van der Waals surface area contributed by atoms with E-state index in [2.05, 4.69) is 6.92 Å². The second-order valence-electron chi connectivity index (χ2n) is 7.17. The van der Waals surface area contributed by atoms with E-state index < -0.39 is 0 Å². The largest absolute Gasteiger partial charge is 0.352 e. The first-order chi connectivity index (χ1) is 10.3. The summed E-state index contributed by atoms with van der Waals surface area (Å²) in [7, 11) is 0. The first kappa shape index (κ1) is 15.5. The average molecular weight is 296 g/mol. The lowest BCUT2D eigenvalue weighted by Gasteiger charge is -2.40. The molecule has 21 heavy (non-hydrogen) atoms. The van der Waals surface area contributed by atoms with Gasteiger partial charge >= 0.3 is 0 Å². The Morgan fingerprint density at radius 3 is 2.29 bits per heavy atom. The monoisotopic (exact) mass is 296 g/mol. The average Bonchev–Trinajstić information content (AvgIpc) is 2.56. The van der Waals surface area contributed by atoms with Gasteiger partial charge in [-0.15, -0.1) is 0 Å². The summed E-state index contributed by atoms with van der Waals surface area (Å²) in [5.41, 5.74) is 0. The number of rotatable bonds is 3. The summed E-state index contributed by atoms with van der Waals surface area (Å²) in [6.07, 6.45) is 10.6. The van der Waals surface area contributed by atoms with Gasteiger partial charge in [-0.25, -0.2) is 4.39 Å². The van der Waals surface area contributed by atoms with Gasteiger partial charge in [-0.05, 0) is 43.9 Å². The zero-order valence-electron chi connectivity index (χ0n) is 13.2. The number of allylic oxidation sites excluding steroid dienone is 2. The molecule has 1 heterocycles. The summed E-state index contributed by atoms with van der Waals surface area (Å²) < 4.78 is 25.1. The maximum atomic E-state index is 13.1. The van der Waals surface area contributed by atoms with Crippen molar-refractivity contribution >= 4 is 0 Å². The van der Waals surface area contributed by atoms with E-state index in [4.69, 9.17) is 9.47 Å². The first-order valence-electron chi connectivity index (χ1n) is 8.84. The molecule has 0 radical (unpaired) electrons. The molecule has 1 saturated carbocycles. The fourth-order valence-corrected chi connectivity index (χ4v) is 4.21. The zero-order chi connectivity index (χ0) is 14.7. The number of ether oxygens (including phenoxy) is 2. The minimum absolute atomic E-state index is 0.0348. The number of halogens is 1. The van der Waals surface area contributed by atoms with E-state index in [1.54, 1.807) is 6.08 Å². The van der Waals surface area contributed by atoms with E-state index in [1.165, 1.54) is 32.1 Å². The van der Waals surface area contributed by atoms with Crippen LogP contribution in [0.3, 0.4) is 0 Å². The molecule has 120 valence electrons. The minimum Gasteiger partial charge on any atom is -0.352 e. The third kappa shape index (κ3) is 3.87. The molecule has 0 amide bonds. The molecule has 0 bridgehead atoms. The number of hydrogen-bond acceptors (Lipinski definition) is 2. The molecule has 0 spiro atoms. The van der Waals surface area contributed by atoms with Gasteiger partial charge in [0.2, 0.25) is 0 Å². The fourth-order valence-electron chi connectivity index (χ4n) is 4.21. The van der Waals surface area contributed by atoms with Gasteiger partial charge in [0.1, 0.15) is 0 Å². The van der Waals surface area contributed by atoms with Crippen LogP contribution in [0.25, 0.3) is 0 Å². The van der Waals surface area contributed by atoms with E-state index in [0.29, 0.717) is 18.3 Å². The van der Waals surface area contributed by atoms with Crippen molar-refractivity contribution in [2.45, 2.75) is 64.6 Å². The van der Waals surface area contributed by atoms with Gasteiger partial charge in [0.25, 0.3) is 0 Å². The molecule has 2 nitrogen and oxygen atoms in total. The molecule has 3 rings (SSSR count). The molecule has 0 aromatic heterocycles. The Morgan fingerprint density at radius 2 is 1.71 bits per heavy atom. The molecule has 1 atom stereocenters. The Hall–Kier alpha value is -0.410. The Bertz CT molecular complexity index is 352. The Kier molecular flexibility index (Phi) is 5.33. The van der Waals surface area contributed by atoms with Crippen molar-refractivity contribution in [3.05, 3.63) is 11.9 Å². The van der Waals surface area contributed by atoms with Gasteiger partial charge in [-0.2, -0.15) is 0 Å². The van der Waals surface area contributed by atoms with E-state index in [9.17, 15) is 4.39 Å². The minimum atomic E-state index is -0.0995. The highest BCUT2D eigenvalue weighted by molar-refractivity contribution is 4.98. The molecule has 2 fully saturated rings. The highest BCUT2D eigenvalue weighted by atomic mass is 19.1. The highest BCUT2D eigenvalue weighted by Gasteiger charge is 2.34. The normalized spacial score (nSPS) is 41.6. The third-order valence-corrected chi connectivity index (χ3v) is 5.87. The Balaban J connectivity index is 1.43. The van der Waals surface area contributed by atoms with Crippen molar-refractivity contribution in [3.63, 3.8) is 0 Å². The summed E-state index contributed by atoms with van der Waals surface area (Å²) in [4.78, 5) is 0. The molecular weight excluding hydrogens is 267 g/mol. The lowest BCUT2D eigenvalue weighted by atomic mass is 9.75. The van der Waals surface area contributed by atoms with Crippen LogP contribution in [0.4, 0.5) is 4.39 Å². The predicted molar refractivity (Wildman–Crippen MR) is 81.5 cm³/mol. The number of hydrogen-bond donors (Lipinski definition) is 0. The van der Waals surface area contributed by atoms with Crippen LogP contribution in [-0.4, -0.2) is 19.5 Å². The van der Waals surface area contributed by atoms with Crippen LogP contribution >= 0.6 is 0 Å². The van der Waals surface area contributed by atoms with Crippen LogP contribution in [0.15, 0.2) is 11.9 Å². The van der Waals surface area contributed by atoms with Crippen molar-refractivity contribution in [2.75, 3.05) is 13.2 Å². The summed E-state index contributed by atoms with van der Waals surface area (Å²) >= 11 is 0. The molecule has 2 aliphatic carbocycles. The van der Waals surface area contributed by atoms with Gasteiger partial charge in [-0.1, -0.05) is 32.3 Å². The van der Waals surface area contributed by atoms with Crippen LogP contribution < -0.4 is 0 Å².